The first-order valence-electron chi connectivity index (χ1n) is 6.33. The zero-order valence-electron chi connectivity index (χ0n) is 11.1. The summed E-state index contributed by atoms with van der Waals surface area (Å²) >= 11 is 1.63. The first-order chi connectivity index (χ1) is 10.2. The molecule has 4 aromatic heterocycles. The lowest BCUT2D eigenvalue weighted by Gasteiger charge is -2.00. The normalized spacial score (nSPS) is 11.3. The summed E-state index contributed by atoms with van der Waals surface area (Å²) in [6.07, 6.45) is 1.59. The van der Waals surface area contributed by atoms with Gasteiger partial charge < -0.3 is 10.2 Å². The molecular weight excluding hydrogens is 286 g/mol. The molecule has 0 aliphatic rings. The molecule has 104 valence electrons. The number of aryl methyl sites for hydroxylation is 1. The molecule has 0 aromatic carbocycles. The van der Waals surface area contributed by atoms with Gasteiger partial charge in [0.15, 0.2) is 11.4 Å². The third-order valence-electron chi connectivity index (χ3n) is 3.07. The van der Waals surface area contributed by atoms with E-state index in [-0.39, 0.29) is 0 Å². The molecule has 21 heavy (non-hydrogen) atoms. The molecule has 0 fully saturated rings. The van der Waals surface area contributed by atoms with E-state index in [0.717, 1.165) is 10.6 Å². The smallest absolute Gasteiger partial charge is 0.223 e. The minimum absolute atomic E-state index is 0.304. The Hall–Kier alpha value is -2.67. The van der Waals surface area contributed by atoms with Gasteiger partial charge in [-0.15, -0.1) is 16.4 Å². The average Bonchev–Trinajstić information content (AvgIpc) is 3.17. The molecule has 4 rings (SSSR count). The predicted molar refractivity (Wildman–Crippen MR) is 80.9 cm³/mol. The standard InChI is InChI=1S/C14H11N5OS/c1-8-5-11(21-7-8)9-6-12-17-13(10-3-2-4-20-10)18-19(12)14(15)16-9/h2-7H,1H3,(H2,15,16). The molecule has 0 saturated carbocycles. The number of rotatable bonds is 2. The topological polar surface area (TPSA) is 82.2 Å². The zero-order chi connectivity index (χ0) is 14.4. The highest BCUT2D eigenvalue weighted by Gasteiger charge is 2.13. The molecule has 4 heterocycles. The SMILES string of the molecule is Cc1csc(-c2cc3nc(-c4ccco4)nn3c(N)n2)c1. The average molecular weight is 297 g/mol. The quantitative estimate of drug-likeness (QED) is 0.615. The molecular formula is C14H11N5OS. The second-order valence-electron chi connectivity index (χ2n) is 4.67. The van der Waals surface area contributed by atoms with Gasteiger partial charge >= 0.3 is 0 Å². The number of hydrogen-bond donors (Lipinski definition) is 1. The Labute approximate surface area is 123 Å². The number of anilines is 1. The summed E-state index contributed by atoms with van der Waals surface area (Å²) in [4.78, 5) is 9.91. The highest BCUT2D eigenvalue weighted by Crippen LogP contribution is 2.27. The molecule has 2 N–H and O–H groups in total. The van der Waals surface area contributed by atoms with Crippen LogP contribution < -0.4 is 5.73 Å². The molecule has 0 aliphatic heterocycles. The summed E-state index contributed by atoms with van der Waals surface area (Å²) in [5, 5.41) is 6.40. The van der Waals surface area contributed by atoms with E-state index < -0.39 is 0 Å². The molecule has 0 spiro atoms. The summed E-state index contributed by atoms with van der Waals surface area (Å²) in [5.41, 5.74) is 8.64. The maximum atomic E-state index is 5.99. The molecule has 0 aliphatic carbocycles. The van der Waals surface area contributed by atoms with Gasteiger partial charge in [0.1, 0.15) is 0 Å². The Bertz CT molecular complexity index is 922. The third-order valence-corrected chi connectivity index (χ3v) is 4.15. The number of nitrogens with two attached hydrogens (primary N) is 1. The molecule has 0 bridgehead atoms. The van der Waals surface area contributed by atoms with E-state index in [4.69, 9.17) is 10.2 Å². The van der Waals surface area contributed by atoms with Crippen LogP contribution in [0.1, 0.15) is 5.56 Å². The summed E-state index contributed by atoms with van der Waals surface area (Å²) in [6, 6.07) is 7.55. The van der Waals surface area contributed by atoms with E-state index in [1.165, 1.54) is 10.1 Å². The summed E-state index contributed by atoms with van der Waals surface area (Å²) < 4.78 is 6.83. The van der Waals surface area contributed by atoms with Crippen molar-refractivity contribution in [1.82, 2.24) is 19.6 Å². The van der Waals surface area contributed by atoms with Crippen molar-refractivity contribution in [3.8, 4) is 22.2 Å². The second kappa shape index (κ2) is 4.42. The minimum Gasteiger partial charge on any atom is -0.461 e. The summed E-state index contributed by atoms with van der Waals surface area (Å²) in [7, 11) is 0. The van der Waals surface area contributed by atoms with E-state index in [1.807, 2.05) is 19.1 Å². The maximum absolute atomic E-state index is 5.99. The number of hydrogen-bond acceptors (Lipinski definition) is 6. The Kier molecular flexibility index (Phi) is 2.55. The van der Waals surface area contributed by atoms with Crippen molar-refractivity contribution in [3.05, 3.63) is 41.5 Å². The van der Waals surface area contributed by atoms with Gasteiger partial charge in [0.25, 0.3) is 0 Å². The minimum atomic E-state index is 0.304. The van der Waals surface area contributed by atoms with Gasteiger partial charge in [0, 0.05) is 6.07 Å². The van der Waals surface area contributed by atoms with Crippen molar-refractivity contribution in [1.29, 1.82) is 0 Å². The summed E-state index contributed by atoms with van der Waals surface area (Å²) in [6.45, 7) is 2.05. The van der Waals surface area contributed by atoms with E-state index in [0.29, 0.717) is 23.2 Å². The molecule has 0 atom stereocenters. The van der Waals surface area contributed by atoms with Gasteiger partial charge in [-0.05, 0) is 36.1 Å². The molecule has 7 heteroatoms. The lowest BCUT2D eigenvalue weighted by molar-refractivity contribution is 0.577. The maximum Gasteiger partial charge on any atom is 0.223 e. The van der Waals surface area contributed by atoms with Crippen LogP contribution >= 0.6 is 11.3 Å². The van der Waals surface area contributed by atoms with Crippen LogP contribution in [0, 0.1) is 6.92 Å². The van der Waals surface area contributed by atoms with Gasteiger partial charge in [-0.25, -0.2) is 9.97 Å². The molecule has 0 amide bonds. The van der Waals surface area contributed by atoms with Crippen LogP contribution in [-0.4, -0.2) is 19.6 Å². The number of thiophene rings is 1. The van der Waals surface area contributed by atoms with Gasteiger partial charge in [-0.3, -0.25) is 0 Å². The Morgan fingerprint density at radius 2 is 2.19 bits per heavy atom. The van der Waals surface area contributed by atoms with Crippen molar-refractivity contribution in [2.75, 3.05) is 5.73 Å². The predicted octanol–water partition coefficient (Wildman–Crippen LogP) is 3.00. The number of aromatic nitrogens is 4. The van der Waals surface area contributed by atoms with Crippen LogP contribution in [0.15, 0.2) is 40.3 Å². The van der Waals surface area contributed by atoms with E-state index in [2.05, 4.69) is 26.5 Å². The van der Waals surface area contributed by atoms with Crippen LogP contribution in [-0.2, 0) is 0 Å². The molecule has 0 unspecified atom stereocenters. The van der Waals surface area contributed by atoms with Crippen LogP contribution in [0.2, 0.25) is 0 Å². The zero-order valence-corrected chi connectivity index (χ0v) is 12.0. The molecule has 0 radical (unpaired) electrons. The first-order valence-corrected chi connectivity index (χ1v) is 7.21. The van der Waals surface area contributed by atoms with E-state index in [9.17, 15) is 0 Å². The number of nitrogen functional groups attached to an aromatic ring is 1. The van der Waals surface area contributed by atoms with Crippen LogP contribution in [0.4, 0.5) is 5.95 Å². The van der Waals surface area contributed by atoms with Gasteiger partial charge in [-0.2, -0.15) is 4.52 Å². The molecule has 0 saturated heterocycles. The van der Waals surface area contributed by atoms with Gasteiger partial charge in [0.2, 0.25) is 11.8 Å². The lowest BCUT2D eigenvalue weighted by atomic mass is 10.3. The number of nitrogens with zero attached hydrogens (tertiary/aromatic N) is 4. The Balaban J connectivity index is 1.89. The van der Waals surface area contributed by atoms with Crippen molar-refractivity contribution in [2.45, 2.75) is 6.92 Å². The van der Waals surface area contributed by atoms with Gasteiger partial charge in [-0.1, -0.05) is 0 Å². The van der Waals surface area contributed by atoms with Gasteiger partial charge in [0.05, 0.1) is 16.8 Å². The number of fused-ring (bicyclic) bond motifs is 1. The molecule has 4 aromatic rings. The Morgan fingerprint density at radius 1 is 1.29 bits per heavy atom. The number of furan rings is 1. The fourth-order valence-electron chi connectivity index (χ4n) is 2.11. The van der Waals surface area contributed by atoms with Crippen LogP contribution in [0.3, 0.4) is 0 Å². The first kappa shape index (κ1) is 12.1. The van der Waals surface area contributed by atoms with Crippen molar-refractivity contribution < 1.29 is 4.42 Å². The second-order valence-corrected chi connectivity index (χ2v) is 5.58. The third kappa shape index (κ3) is 1.98. The molecule has 6 nitrogen and oxygen atoms in total. The van der Waals surface area contributed by atoms with E-state index in [1.54, 1.807) is 23.7 Å². The van der Waals surface area contributed by atoms with Crippen LogP contribution in [0.25, 0.3) is 27.8 Å². The lowest BCUT2D eigenvalue weighted by Crippen LogP contribution is -2.02. The van der Waals surface area contributed by atoms with Crippen molar-refractivity contribution in [2.24, 2.45) is 0 Å². The largest absolute Gasteiger partial charge is 0.461 e. The van der Waals surface area contributed by atoms with E-state index >= 15 is 0 Å². The monoisotopic (exact) mass is 297 g/mol. The fourth-order valence-corrected chi connectivity index (χ4v) is 2.97. The van der Waals surface area contributed by atoms with Crippen molar-refractivity contribution in [3.63, 3.8) is 0 Å². The highest BCUT2D eigenvalue weighted by molar-refractivity contribution is 7.13. The fraction of sp³-hybridized carbons (Fsp3) is 0.0714. The Morgan fingerprint density at radius 3 is 2.90 bits per heavy atom. The highest BCUT2D eigenvalue weighted by atomic mass is 32.1. The van der Waals surface area contributed by atoms with Crippen molar-refractivity contribution >= 4 is 22.9 Å². The summed E-state index contributed by atoms with van der Waals surface area (Å²) in [5.74, 6) is 1.40. The van der Waals surface area contributed by atoms with Crippen LogP contribution in [0.5, 0.6) is 0 Å².